The number of nitriles is 1. The van der Waals surface area contributed by atoms with E-state index in [1.165, 1.54) is 6.07 Å². The average Bonchev–Trinajstić information content (AvgIpc) is 3.76. The van der Waals surface area contributed by atoms with Crippen LogP contribution in [0.2, 0.25) is 0 Å². The van der Waals surface area contributed by atoms with Gasteiger partial charge in [0.2, 0.25) is 11.9 Å². The molecule has 7 rings (SSSR count). The Morgan fingerprint density at radius 2 is 1.89 bits per heavy atom. The minimum atomic E-state index is -0.553. The molecule has 2 aliphatic rings. The second-order valence-electron chi connectivity index (χ2n) is 11.4. The number of hydrogen-bond donors (Lipinski definition) is 1. The van der Waals surface area contributed by atoms with Crippen LogP contribution in [0.5, 0.6) is 0 Å². The minimum Gasteiger partial charge on any atom is -0.363 e. The number of nitrogens with zero attached hydrogens (tertiary/aromatic N) is 11. The molecule has 6 heterocycles. The largest absolute Gasteiger partial charge is 0.363 e. The fraction of sp³-hybridized carbons (Fsp3) is 0.333. The van der Waals surface area contributed by atoms with Gasteiger partial charge >= 0.3 is 0 Å². The van der Waals surface area contributed by atoms with Gasteiger partial charge in [0.05, 0.1) is 36.3 Å². The van der Waals surface area contributed by atoms with Crippen LogP contribution in [0.3, 0.4) is 0 Å². The highest BCUT2D eigenvalue weighted by Crippen LogP contribution is 2.38. The third-order valence-electron chi connectivity index (χ3n) is 8.36. The lowest BCUT2D eigenvalue weighted by molar-refractivity contribution is -0.133. The molecule has 0 radical (unpaired) electrons. The zero-order valence-corrected chi connectivity index (χ0v) is 24.2. The molecule has 5 aromatic rings. The second-order valence-corrected chi connectivity index (χ2v) is 11.4. The maximum atomic E-state index is 14.4. The predicted molar refractivity (Wildman–Crippen MR) is 161 cm³/mol. The van der Waals surface area contributed by atoms with Crippen LogP contribution in [0.1, 0.15) is 6.42 Å². The van der Waals surface area contributed by atoms with Gasteiger partial charge in [-0.15, -0.1) is 5.10 Å². The number of amides is 1. The smallest absolute Gasteiger partial charge is 0.247 e. The van der Waals surface area contributed by atoms with E-state index in [9.17, 15) is 14.4 Å². The molecule has 0 spiro atoms. The van der Waals surface area contributed by atoms with E-state index in [0.717, 1.165) is 31.9 Å². The molecule has 2 saturated heterocycles. The molecule has 4 aromatic heterocycles. The third-order valence-corrected chi connectivity index (χ3v) is 8.36. The van der Waals surface area contributed by atoms with Crippen LogP contribution in [-0.2, 0) is 16.9 Å². The lowest BCUT2D eigenvalue weighted by Crippen LogP contribution is -2.63. The van der Waals surface area contributed by atoms with Crippen molar-refractivity contribution in [2.24, 2.45) is 0 Å². The van der Waals surface area contributed by atoms with Crippen LogP contribution in [0.4, 0.5) is 21.7 Å². The number of pyridine rings is 1. The summed E-state index contributed by atoms with van der Waals surface area (Å²) in [5.41, 5.74) is 2.79. The first-order valence-corrected chi connectivity index (χ1v) is 14.4. The molecule has 224 valence electrons. The van der Waals surface area contributed by atoms with Crippen molar-refractivity contribution in [2.45, 2.75) is 18.5 Å². The lowest BCUT2D eigenvalue weighted by atomic mass is 9.86. The summed E-state index contributed by atoms with van der Waals surface area (Å²) in [6.45, 7) is 4.42. The van der Waals surface area contributed by atoms with Gasteiger partial charge in [0, 0.05) is 69.0 Å². The second kappa shape index (κ2) is 11.1. The Morgan fingerprint density at radius 3 is 2.68 bits per heavy atom. The van der Waals surface area contributed by atoms with E-state index >= 15 is 0 Å². The van der Waals surface area contributed by atoms with Crippen LogP contribution in [0.25, 0.3) is 16.8 Å². The summed E-state index contributed by atoms with van der Waals surface area (Å²) in [5.74, 6) is 0.127. The Morgan fingerprint density at radius 1 is 1.07 bits per heavy atom. The molecule has 13 nitrogen and oxygen atoms in total. The van der Waals surface area contributed by atoms with Crippen LogP contribution < -0.4 is 10.2 Å². The summed E-state index contributed by atoms with van der Waals surface area (Å²) in [4.78, 5) is 23.7. The number of rotatable bonds is 8. The maximum Gasteiger partial charge on any atom is 0.247 e. The first-order valence-electron chi connectivity index (χ1n) is 14.4. The van der Waals surface area contributed by atoms with E-state index in [0.29, 0.717) is 41.5 Å². The van der Waals surface area contributed by atoms with Crippen molar-refractivity contribution in [3.05, 3.63) is 73.2 Å². The summed E-state index contributed by atoms with van der Waals surface area (Å²) >= 11 is 0. The normalized spacial score (nSPS) is 16.6. The van der Waals surface area contributed by atoms with Gasteiger partial charge in [0.15, 0.2) is 5.65 Å². The SMILES string of the molecule is CN1CCN(C(=O)Cn2cc(Nc3nc4c(N5CC(CC#N)(n6cc(-c7ccccc7F)cn6)C5)cccn4n3)cn2)CC1. The van der Waals surface area contributed by atoms with Crippen molar-refractivity contribution in [1.29, 1.82) is 5.26 Å². The zero-order valence-electron chi connectivity index (χ0n) is 24.2. The molecule has 44 heavy (non-hydrogen) atoms. The zero-order chi connectivity index (χ0) is 30.3. The third kappa shape index (κ3) is 5.11. The van der Waals surface area contributed by atoms with E-state index < -0.39 is 5.54 Å². The van der Waals surface area contributed by atoms with Gasteiger partial charge < -0.3 is 20.0 Å². The first-order chi connectivity index (χ1) is 21.4. The quantitative estimate of drug-likeness (QED) is 0.288. The first kappa shape index (κ1) is 27.5. The molecule has 0 unspecified atom stereocenters. The molecule has 0 aliphatic carbocycles. The molecule has 2 aliphatic heterocycles. The summed E-state index contributed by atoms with van der Waals surface area (Å²) in [5, 5.41) is 26.3. The molecule has 14 heteroatoms. The summed E-state index contributed by atoms with van der Waals surface area (Å²) in [7, 11) is 2.06. The van der Waals surface area contributed by atoms with Crippen molar-refractivity contribution in [3.63, 3.8) is 0 Å². The molecule has 1 aromatic carbocycles. The van der Waals surface area contributed by atoms with Gasteiger partial charge in [-0.1, -0.05) is 18.2 Å². The monoisotopic (exact) mass is 594 g/mol. The van der Waals surface area contributed by atoms with Gasteiger partial charge in [-0.05, 0) is 25.2 Å². The number of likely N-dealkylation sites (N-methyl/N-ethyl adjacent to an activating group) is 1. The Labute approximate surface area is 252 Å². The fourth-order valence-corrected chi connectivity index (χ4v) is 5.87. The van der Waals surface area contributed by atoms with Gasteiger partial charge in [0.1, 0.15) is 17.9 Å². The molecule has 1 amide bonds. The van der Waals surface area contributed by atoms with Crippen molar-refractivity contribution < 1.29 is 9.18 Å². The Kier molecular flexibility index (Phi) is 6.94. The summed E-state index contributed by atoms with van der Waals surface area (Å²) in [6.07, 6.45) is 8.95. The maximum absolute atomic E-state index is 14.4. The molecule has 0 atom stereocenters. The summed E-state index contributed by atoms with van der Waals surface area (Å²) in [6, 6.07) is 12.8. The van der Waals surface area contributed by atoms with E-state index in [1.807, 2.05) is 29.4 Å². The van der Waals surface area contributed by atoms with Crippen molar-refractivity contribution in [2.75, 3.05) is 56.5 Å². The van der Waals surface area contributed by atoms with Crippen LogP contribution >= 0.6 is 0 Å². The number of fused-ring (bicyclic) bond motifs is 1. The van der Waals surface area contributed by atoms with E-state index in [-0.39, 0.29) is 24.7 Å². The molecule has 0 bridgehead atoms. The molecule has 1 N–H and O–H groups in total. The van der Waals surface area contributed by atoms with E-state index in [2.05, 4.69) is 43.5 Å². The number of aromatic nitrogens is 7. The fourth-order valence-electron chi connectivity index (χ4n) is 5.87. The molecular weight excluding hydrogens is 563 g/mol. The van der Waals surface area contributed by atoms with Crippen LogP contribution in [-0.4, -0.2) is 96.2 Å². The highest BCUT2D eigenvalue weighted by atomic mass is 19.1. The van der Waals surface area contributed by atoms with Gasteiger partial charge in [0.25, 0.3) is 0 Å². The number of carbonyl (C=O) groups is 1. The van der Waals surface area contributed by atoms with E-state index in [1.54, 1.807) is 50.7 Å². The highest BCUT2D eigenvalue weighted by molar-refractivity contribution is 5.76. The minimum absolute atomic E-state index is 0.0452. The molecule has 0 saturated carbocycles. The van der Waals surface area contributed by atoms with Gasteiger partial charge in [-0.3, -0.25) is 14.2 Å². The number of anilines is 3. The highest BCUT2D eigenvalue weighted by Gasteiger charge is 2.46. The number of piperazine rings is 1. The van der Waals surface area contributed by atoms with Crippen LogP contribution in [0.15, 0.2) is 67.4 Å². The van der Waals surface area contributed by atoms with Crippen molar-refractivity contribution in [3.8, 4) is 17.2 Å². The molecule has 2 fully saturated rings. The average molecular weight is 595 g/mol. The summed E-state index contributed by atoms with van der Waals surface area (Å²) < 4.78 is 19.5. The number of nitrogens with one attached hydrogen (secondary N) is 1. The number of hydrogen-bond acceptors (Lipinski definition) is 9. The topological polar surface area (TPSA) is 128 Å². The van der Waals surface area contributed by atoms with Crippen molar-refractivity contribution >= 4 is 28.9 Å². The van der Waals surface area contributed by atoms with Gasteiger partial charge in [-0.25, -0.2) is 8.91 Å². The number of benzene rings is 1. The van der Waals surface area contributed by atoms with Crippen LogP contribution in [0, 0.1) is 17.1 Å². The number of carbonyl (C=O) groups excluding carboxylic acids is 1. The lowest BCUT2D eigenvalue weighted by Gasteiger charge is -2.50. The molecular formula is C30H31FN12O. The Balaban J connectivity index is 1.05. The van der Waals surface area contributed by atoms with E-state index in [4.69, 9.17) is 4.98 Å². The Hall–Kier alpha value is -5.29. The standard InChI is InChI=1S/C30H31FN12O/c1-38-11-13-39(14-12-38)27(44)19-41-18-23(16-33-41)35-29-36-28-26(7-4-10-42(28)37-29)40-20-30(21-40,8-9-32)43-17-22(15-34-43)24-5-2-3-6-25(24)31/h2-7,10,15-18H,8,11-14,19-21H2,1H3,(H,35,37). The Bertz CT molecular complexity index is 1850. The van der Waals surface area contributed by atoms with Crippen molar-refractivity contribution in [1.82, 2.24) is 44.0 Å². The van der Waals surface area contributed by atoms with Gasteiger partial charge in [-0.2, -0.15) is 20.4 Å². The number of halogens is 1. The predicted octanol–water partition coefficient (Wildman–Crippen LogP) is 2.58.